The molecule has 15 heavy (non-hydrogen) atoms. The number of esters is 1. The first-order valence-corrected chi connectivity index (χ1v) is 4.92. The third-order valence-corrected chi connectivity index (χ3v) is 2.44. The number of methoxy groups -OCH3 is 2. The molecular formula is C10H10Cl2O3. The van der Waals surface area contributed by atoms with Crippen LogP contribution in [0.4, 0.5) is 0 Å². The van der Waals surface area contributed by atoms with Crippen molar-refractivity contribution in [2.75, 3.05) is 14.2 Å². The van der Waals surface area contributed by atoms with Gasteiger partial charge in [-0.3, -0.25) is 4.79 Å². The summed E-state index contributed by atoms with van der Waals surface area (Å²) < 4.78 is 9.63. The highest BCUT2D eigenvalue weighted by Crippen LogP contribution is 2.31. The van der Waals surface area contributed by atoms with E-state index < -0.39 is 0 Å². The summed E-state index contributed by atoms with van der Waals surface area (Å²) in [6.07, 6.45) is 0.0652. The van der Waals surface area contributed by atoms with Crippen LogP contribution < -0.4 is 4.74 Å². The van der Waals surface area contributed by atoms with E-state index in [1.165, 1.54) is 14.2 Å². The van der Waals surface area contributed by atoms with Crippen LogP contribution >= 0.6 is 23.2 Å². The van der Waals surface area contributed by atoms with Crippen molar-refractivity contribution >= 4 is 29.2 Å². The summed E-state index contributed by atoms with van der Waals surface area (Å²) in [6, 6.07) is 3.16. The highest BCUT2D eigenvalue weighted by molar-refractivity contribution is 6.35. The van der Waals surface area contributed by atoms with E-state index in [-0.39, 0.29) is 12.4 Å². The van der Waals surface area contributed by atoms with E-state index >= 15 is 0 Å². The van der Waals surface area contributed by atoms with E-state index in [2.05, 4.69) is 4.74 Å². The van der Waals surface area contributed by atoms with E-state index in [1.54, 1.807) is 12.1 Å². The standard InChI is InChI=1S/C10H10Cl2O3/c1-14-9-4-6(11)3-8(12)7(9)5-10(13)15-2/h3-4H,5H2,1-2H3. The van der Waals surface area contributed by atoms with Gasteiger partial charge in [-0.15, -0.1) is 0 Å². The minimum absolute atomic E-state index is 0.0652. The SMILES string of the molecule is COC(=O)Cc1c(Cl)cc(Cl)cc1OC. The Morgan fingerprint density at radius 2 is 2.00 bits per heavy atom. The van der Waals surface area contributed by atoms with Crippen molar-refractivity contribution in [3.8, 4) is 5.75 Å². The zero-order chi connectivity index (χ0) is 11.4. The van der Waals surface area contributed by atoms with Crippen molar-refractivity contribution in [2.45, 2.75) is 6.42 Å². The number of hydrogen-bond acceptors (Lipinski definition) is 3. The molecule has 0 aliphatic carbocycles. The average Bonchev–Trinajstić information content (AvgIpc) is 2.21. The van der Waals surface area contributed by atoms with Gasteiger partial charge >= 0.3 is 5.97 Å². The number of halogens is 2. The quantitative estimate of drug-likeness (QED) is 0.772. The zero-order valence-electron chi connectivity index (χ0n) is 8.34. The van der Waals surface area contributed by atoms with Crippen LogP contribution in [0, 0.1) is 0 Å². The number of benzene rings is 1. The summed E-state index contributed by atoms with van der Waals surface area (Å²) in [5.74, 6) is 0.107. The molecule has 0 atom stereocenters. The maximum absolute atomic E-state index is 11.1. The van der Waals surface area contributed by atoms with Crippen LogP contribution in [0.1, 0.15) is 5.56 Å². The summed E-state index contributed by atoms with van der Waals surface area (Å²) in [5, 5.41) is 0.857. The smallest absolute Gasteiger partial charge is 0.310 e. The molecule has 1 rings (SSSR count). The number of carbonyl (C=O) groups is 1. The van der Waals surface area contributed by atoms with E-state index in [0.29, 0.717) is 21.4 Å². The molecule has 0 fully saturated rings. The number of rotatable bonds is 3. The van der Waals surface area contributed by atoms with Crippen LogP contribution in [-0.2, 0) is 16.0 Å². The summed E-state index contributed by atoms with van der Waals surface area (Å²) in [4.78, 5) is 11.1. The minimum Gasteiger partial charge on any atom is -0.496 e. The van der Waals surface area contributed by atoms with Gasteiger partial charge in [-0.05, 0) is 12.1 Å². The molecule has 0 aliphatic rings. The second-order valence-corrected chi connectivity index (χ2v) is 3.66. The van der Waals surface area contributed by atoms with Gasteiger partial charge in [0.05, 0.1) is 20.6 Å². The highest BCUT2D eigenvalue weighted by atomic mass is 35.5. The second kappa shape index (κ2) is 5.24. The van der Waals surface area contributed by atoms with E-state index in [0.717, 1.165) is 0 Å². The Labute approximate surface area is 97.9 Å². The summed E-state index contributed by atoms with van der Waals surface area (Å²) in [5.41, 5.74) is 0.579. The van der Waals surface area contributed by atoms with Crippen LogP contribution in [0.3, 0.4) is 0 Å². The molecule has 82 valence electrons. The second-order valence-electron chi connectivity index (χ2n) is 2.82. The number of ether oxygens (including phenoxy) is 2. The molecule has 0 bridgehead atoms. The van der Waals surface area contributed by atoms with Gasteiger partial charge < -0.3 is 9.47 Å². The maximum Gasteiger partial charge on any atom is 0.310 e. The predicted octanol–water partition coefficient (Wildman–Crippen LogP) is 2.72. The van der Waals surface area contributed by atoms with Gasteiger partial charge in [-0.25, -0.2) is 0 Å². The summed E-state index contributed by atoms with van der Waals surface area (Å²) in [7, 11) is 2.81. The number of hydrogen-bond donors (Lipinski definition) is 0. The van der Waals surface area contributed by atoms with Crippen LogP contribution in [0.5, 0.6) is 5.75 Å². The van der Waals surface area contributed by atoms with Crippen molar-refractivity contribution in [1.82, 2.24) is 0 Å². The van der Waals surface area contributed by atoms with Crippen molar-refractivity contribution < 1.29 is 14.3 Å². The molecule has 0 unspecified atom stereocenters. The molecular weight excluding hydrogens is 239 g/mol. The lowest BCUT2D eigenvalue weighted by atomic mass is 10.1. The van der Waals surface area contributed by atoms with Crippen molar-refractivity contribution in [3.05, 3.63) is 27.7 Å². The van der Waals surface area contributed by atoms with Crippen LogP contribution in [0.25, 0.3) is 0 Å². The largest absolute Gasteiger partial charge is 0.496 e. The van der Waals surface area contributed by atoms with Gasteiger partial charge in [0.1, 0.15) is 5.75 Å². The molecule has 0 spiro atoms. The van der Waals surface area contributed by atoms with Gasteiger partial charge in [-0.1, -0.05) is 23.2 Å². The summed E-state index contributed by atoms with van der Waals surface area (Å²) >= 11 is 11.7. The molecule has 0 aliphatic heterocycles. The van der Waals surface area contributed by atoms with Crippen LogP contribution in [-0.4, -0.2) is 20.2 Å². The lowest BCUT2D eigenvalue weighted by Crippen LogP contribution is -2.06. The molecule has 0 saturated heterocycles. The fraction of sp³-hybridized carbons (Fsp3) is 0.300. The molecule has 0 N–H and O–H groups in total. The molecule has 0 saturated carbocycles. The first-order valence-electron chi connectivity index (χ1n) is 4.17. The number of carbonyl (C=O) groups excluding carboxylic acids is 1. The molecule has 1 aromatic rings. The lowest BCUT2D eigenvalue weighted by Gasteiger charge is -2.09. The molecule has 0 aromatic heterocycles. The van der Waals surface area contributed by atoms with Crippen molar-refractivity contribution in [2.24, 2.45) is 0 Å². The Morgan fingerprint density at radius 3 is 2.53 bits per heavy atom. The van der Waals surface area contributed by atoms with Crippen molar-refractivity contribution in [3.63, 3.8) is 0 Å². The van der Waals surface area contributed by atoms with Gasteiger partial charge in [0.15, 0.2) is 0 Å². The van der Waals surface area contributed by atoms with E-state index in [9.17, 15) is 4.79 Å². The fourth-order valence-corrected chi connectivity index (χ4v) is 1.69. The normalized spacial score (nSPS) is 9.87. The molecule has 3 nitrogen and oxygen atoms in total. The van der Waals surface area contributed by atoms with E-state index in [4.69, 9.17) is 27.9 Å². The third kappa shape index (κ3) is 3.01. The topological polar surface area (TPSA) is 35.5 Å². The average molecular weight is 249 g/mol. The first kappa shape index (κ1) is 12.1. The van der Waals surface area contributed by atoms with Crippen LogP contribution in [0.2, 0.25) is 10.0 Å². The van der Waals surface area contributed by atoms with Gasteiger partial charge in [0.25, 0.3) is 0 Å². The zero-order valence-corrected chi connectivity index (χ0v) is 9.85. The maximum atomic E-state index is 11.1. The highest BCUT2D eigenvalue weighted by Gasteiger charge is 2.13. The molecule has 1 aromatic carbocycles. The minimum atomic E-state index is -0.377. The molecule has 0 heterocycles. The monoisotopic (exact) mass is 248 g/mol. The van der Waals surface area contributed by atoms with Gasteiger partial charge in [-0.2, -0.15) is 0 Å². The molecule has 5 heteroatoms. The Morgan fingerprint density at radius 1 is 1.33 bits per heavy atom. The Kier molecular flexibility index (Phi) is 4.24. The Balaban J connectivity index is 3.09. The molecule has 0 amide bonds. The Bertz CT molecular complexity index is 377. The van der Waals surface area contributed by atoms with Gasteiger partial charge in [0.2, 0.25) is 0 Å². The lowest BCUT2D eigenvalue weighted by molar-refractivity contribution is -0.139. The van der Waals surface area contributed by atoms with Gasteiger partial charge in [0, 0.05) is 15.6 Å². The third-order valence-electron chi connectivity index (χ3n) is 1.89. The predicted molar refractivity (Wildman–Crippen MR) is 58.7 cm³/mol. The van der Waals surface area contributed by atoms with Crippen LogP contribution in [0.15, 0.2) is 12.1 Å². The van der Waals surface area contributed by atoms with Crippen molar-refractivity contribution in [1.29, 1.82) is 0 Å². The fourth-order valence-electron chi connectivity index (χ4n) is 1.15. The molecule has 0 radical (unpaired) electrons. The van der Waals surface area contributed by atoms with E-state index in [1.807, 2.05) is 0 Å². The Hall–Kier alpha value is -0.930. The summed E-state index contributed by atoms with van der Waals surface area (Å²) in [6.45, 7) is 0. The first-order chi connectivity index (χ1) is 7.08.